The van der Waals surface area contributed by atoms with Gasteiger partial charge >= 0.3 is 5.97 Å². The highest BCUT2D eigenvalue weighted by molar-refractivity contribution is 5.74. The largest absolute Gasteiger partial charge is 0.507 e. The Balaban J connectivity index is 2.12. The summed E-state index contributed by atoms with van der Waals surface area (Å²) in [6.07, 6.45) is 5.23. The molecule has 0 aliphatic rings. The van der Waals surface area contributed by atoms with Crippen LogP contribution >= 0.6 is 0 Å². The number of phenolic OH excluding ortho intramolecular Hbond substituents is 1. The fourth-order valence-corrected chi connectivity index (χ4v) is 1.72. The molecule has 1 heterocycles. The Hall–Kier alpha value is -2.56. The van der Waals surface area contributed by atoms with E-state index in [2.05, 4.69) is 5.16 Å². The molecule has 0 fully saturated rings. The average Bonchev–Trinajstić information content (AvgIpc) is 2.95. The summed E-state index contributed by atoms with van der Waals surface area (Å²) in [5, 5.41) is 13.4. The molecule has 5 nitrogen and oxygen atoms in total. The number of rotatable bonds is 5. The van der Waals surface area contributed by atoms with E-state index < -0.39 is 0 Å². The van der Waals surface area contributed by atoms with Crippen LogP contribution in [0.2, 0.25) is 0 Å². The van der Waals surface area contributed by atoms with E-state index in [9.17, 15) is 9.90 Å². The van der Waals surface area contributed by atoms with E-state index in [-0.39, 0.29) is 18.1 Å². The molecule has 1 N–H and O–H groups in total. The topological polar surface area (TPSA) is 72.6 Å². The maximum atomic E-state index is 11.2. The lowest BCUT2D eigenvalue weighted by Crippen LogP contribution is -2.01. The van der Waals surface area contributed by atoms with Crippen LogP contribution in [0.15, 0.2) is 41.1 Å². The van der Waals surface area contributed by atoms with Crippen LogP contribution in [0.1, 0.15) is 18.9 Å². The summed E-state index contributed by atoms with van der Waals surface area (Å²) in [7, 11) is 0. The number of nitrogens with zero attached hydrogens (tertiary/aromatic N) is 1. The van der Waals surface area contributed by atoms with Crippen LogP contribution < -0.4 is 0 Å². The van der Waals surface area contributed by atoms with Crippen molar-refractivity contribution in [2.24, 2.45) is 0 Å². The van der Waals surface area contributed by atoms with Crippen molar-refractivity contribution in [3.63, 3.8) is 0 Å². The van der Waals surface area contributed by atoms with Gasteiger partial charge in [-0.15, -0.1) is 0 Å². The zero-order chi connectivity index (χ0) is 14.4. The first-order chi connectivity index (χ1) is 9.70. The molecule has 1 aromatic heterocycles. The number of aromatic hydroxyl groups is 1. The van der Waals surface area contributed by atoms with Gasteiger partial charge in [0.05, 0.1) is 24.8 Å². The minimum absolute atomic E-state index is 0.115. The predicted octanol–water partition coefficient (Wildman–Crippen LogP) is 3.01. The van der Waals surface area contributed by atoms with Gasteiger partial charge in [0, 0.05) is 6.07 Å². The van der Waals surface area contributed by atoms with Crippen molar-refractivity contribution >= 4 is 12.0 Å². The maximum Gasteiger partial charge on any atom is 0.309 e. The summed E-state index contributed by atoms with van der Waals surface area (Å²) in [4.78, 5) is 11.2. The van der Waals surface area contributed by atoms with Gasteiger partial charge in [0.25, 0.3) is 0 Å². The van der Waals surface area contributed by atoms with E-state index >= 15 is 0 Å². The second-order valence-corrected chi connectivity index (χ2v) is 4.06. The molecule has 0 atom stereocenters. The van der Waals surface area contributed by atoms with Crippen molar-refractivity contribution in [1.82, 2.24) is 5.16 Å². The standard InChI is InChI=1S/C15H15NO4/c1-2-19-15(18)5-3-4-11-6-7-13(17)12(10-11)14-8-9-16-20-14/h3-4,6-10,17H,2,5H2,1H3. The van der Waals surface area contributed by atoms with Crippen LogP contribution in [-0.2, 0) is 9.53 Å². The number of esters is 1. The van der Waals surface area contributed by atoms with Gasteiger partial charge in [0.1, 0.15) is 5.75 Å². The van der Waals surface area contributed by atoms with Gasteiger partial charge in [-0.2, -0.15) is 0 Å². The molecular formula is C15H15NO4. The molecule has 0 bridgehead atoms. The number of ether oxygens (including phenoxy) is 1. The third kappa shape index (κ3) is 3.47. The second kappa shape index (κ2) is 6.56. The molecule has 0 aliphatic heterocycles. The molecule has 0 aliphatic carbocycles. The summed E-state index contributed by atoms with van der Waals surface area (Å²) in [5.74, 6) is 0.338. The molecule has 0 saturated heterocycles. The molecule has 104 valence electrons. The third-order valence-electron chi connectivity index (χ3n) is 2.62. The summed E-state index contributed by atoms with van der Waals surface area (Å²) in [6, 6.07) is 6.75. The minimum Gasteiger partial charge on any atom is -0.507 e. The molecule has 2 aromatic rings. The highest BCUT2D eigenvalue weighted by atomic mass is 16.5. The second-order valence-electron chi connectivity index (χ2n) is 4.06. The van der Waals surface area contributed by atoms with Gasteiger partial charge in [0.15, 0.2) is 5.76 Å². The monoisotopic (exact) mass is 273 g/mol. The third-order valence-corrected chi connectivity index (χ3v) is 2.62. The van der Waals surface area contributed by atoms with E-state index in [0.29, 0.717) is 17.9 Å². The molecule has 0 amide bonds. The summed E-state index contributed by atoms with van der Waals surface area (Å²) >= 11 is 0. The van der Waals surface area contributed by atoms with E-state index in [1.54, 1.807) is 43.3 Å². The van der Waals surface area contributed by atoms with Crippen molar-refractivity contribution in [3.8, 4) is 17.1 Å². The average molecular weight is 273 g/mol. The number of benzene rings is 1. The Morgan fingerprint density at radius 3 is 3.00 bits per heavy atom. The van der Waals surface area contributed by atoms with Gasteiger partial charge in [-0.05, 0) is 24.6 Å². The molecule has 0 radical (unpaired) electrons. The van der Waals surface area contributed by atoms with Crippen molar-refractivity contribution in [2.75, 3.05) is 6.61 Å². The zero-order valence-corrected chi connectivity index (χ0v) is 11.1. The quantitative estimate of drug-likeness (QED) is 0.848. The SMILES string of the molecule is CCOC(=O)CC=Cc1ccc(O)c(-c2ccno2)c1. The van der Waals surface area contributed by atoms with Crippen LogP contribution in [0.4, 0.5) is 0 Å². The highest BCUT2D eigenvalue weighted by Crippen LogP contribution is 2.30. The van der Waals surface area contributed by atoms with Gasteiger partial charge in [-0.3, -0.25) is 4.79 Å². The van der Waals surface area contributed by atoms with E-state index in [1.165, 1.54) is 6.20 Å². The Morgan fingerprint density at radius 1 is 1.45 bits per heavy atom. The number of carbonyl (C=O) groups excluding carboxylic acids is 1. The summed E-state index contributed by atoms with van der Waals surface area (Å²) in [5.41, 5.74) is 1.40. The molecule has 2 rings (SSSR count). The first-order valence-electron chi connectivity index (χ1n) is 6.27. The van der Waals surface area contributed by atoms with Gasteiger partial charge < -0.3 is 14.4 Å². The van der Waals surface area contributed by atoms with Gasteiger partial charge in [0.2, 0.25) is 0 Å². The van der Waals surface area contributed by atoms with Crippen molar-refractivity contribution in [3.05, 3.63) is 42.1 Å². The Bertz CT molecular complexity index is 602. The molecule has 0 unspecified atom stereocenters. The highest BCUT2D eigenvalue weighted by Gasteiger charge is 2.08. The van der Waals surface area contributed by atoms with Crippen LogP contribution in [0.5, 0.6) is 5.75 Å². The number of hydrogen-bond donors (Lipinski definition) is 1. The lowest BCUT2D eigenvalue weighted by molar-refractivity contribution is -0.142. The Labute approximate surface area is 116 Å². The molecule has 20 heavy (non-hydrogen) atoms. The number of carbonyl (C=O) groups is 1. The number of aromatic nitrogens is 1. The van der Waals surface area contributed by atoms with Crippen LogP contribution in [0, 0.1) is 0 Å². The molecule has 0 saturated carbocycles. The summed E-state index contributed by atoms with van der Waals surface area (Å²) in [6.45, 7) is 2.15. The smallest absolute Gasteiger partial charge is 0.309 e. The van der Waals surface area contributed by atoms with Crippen LogP contribution in [0.25, 0.3) is 17.4 Å². The van der Waals surface area contributed by atoms with Gasteiger partial charge in [-0.25, -0.2) is 0 Å². The van der Waals surface area contributed by atoms with Gasteiger partial charge in [-0.1, -0.05) is 23.4 Å². The maximum absolute atomic E-state index is 11.2. The lowest BCUT2D eigenvalue weighted by atomic mass is 10.1. The predicted molar refractivity (Wildman–Crippen MR) is 73.9 cm³/mol. The fraction of sp³-hybridized carbons (Fsp3) is 0.200. The lowest BCUT2D eigenvalue weighted by Gasteiger charge is -2.02. The molecular weight excluding hydrogens is 258 g/mol. The van der Waals surface area contributed by atoms with Crippen LogP contribution in [-0.4, -0.2) is 22.8 Å². The minimum atomic E-state index is -0.266. The molecule has 1 aromatic carbocycles. The van der Waals surface area contributed by atoms with Crippen molar-refractivity contribution in [2.45, 2.75) is 13.3 Å². The van der Waals surface area contributed by atoms with Crippen molar-refractivity contribution in [1.29, 1.82) is 0 Å². The first kappa shape index (κ1) is 13.9. The fourth-order valence-electron chi connectivity index (χ4n) is 1.72. The summed E-state index contributed by atoms with van der Waals surface area (Å²) < 4.78 is 9.85. The molecule has 0 spiro atoms. The Kier molecular flexibility index (Phi) is 4.55. The van der Waals surface area contributed by atoms with E-state index in [1.807, 2.05) is 0 Å². The normalized spacial score (nSPS) is 10.8. The number of phenols is 1. The zero-order valence-electron chi connectivity index (χ0n) is 11.1. The van der Waals surface area contributed by atoms with E-state index in [0.717, 1.165) is 5.56 Å². The number of hydrogen-bond acceptors (Lipinski definition) is 5. The van der Waals surface area contributed by atoms with Crippen molar-refractivity contribution < 1.29 is 19.2 Å². The van der Waals surface area contributed by atoms with E-state index in [4.69, 9.17) is 9.26 Å². The first-order valence-corrected chi connectivity index (χ1v) is 6.27. The Morgan fingerprint density at radius 2 is 2.30 bits per heavy atom. The molecule has 5 heteroatoms. The van der Waals surface area contributed by atoms with Crippen LogP contribution in [0.3, 0.4) is 0 Å².